The number of carbonyl (C=O) groups is 2. The highest BCUT2D eigenvalue weighted by Gasteiger charge is 2.28. The molecule has 1 saturated heterocycles. The van der Waals surface area contributed by atoms with E-state index in [9.17, 15) is 9.59 Å². The standard InChI is InChI=1S/C15H18Cl2N2O3/c1-9(12-5-4-11(16)7-13(12)17)18-15(22)19-6-2-3-10(8-19)14(20)21/h4-5,7,9-10H,2-3,6,8H2,1H3,(H,18,22)(H,20,21)/t9-,10?/m0/s1. The summed E-state index contributed by atoms with van der Waals surface area (Å²) in [6, 6.07) is 4.55. The highest BCUT2D eigenvalue weighted by Crippen LogP contribution is 2.26. The molecule has 1 heterocycles. The summed E-state index contributed by atoms with van der Waals surface area (Å²) in [5.74, 6) is -1.35. The summed E-state index contributed by atoms with van der Waals surface area (Å²) in [6.07, 6.45) is 1.30. The number of halogens is 2. The van der Waals surface area contributed by atoms with Gasteiger partial charge in [0.1, 0.15) is 0 Å². The third-order valence-electron chi connectivity index (χ3n) is 3.83. The van der Waals surface area contributed by atoms with E-state index in [1.807, 2.05) is 6.92 Å². The maximum Gasteiger partial charge on any atom is 0.317 e. The summed E-state index contributed by atoms with van der Waals surface area (Å²) >= 11 is 12.0. The Labute approximate surface area is 139 Å². The van der Waals surface area contributed by atoms with Gasteiger partial charge in [-0.2, -0.15) is 0 Å². The second kappa shape index (κ2) is 7.20. The van der Waals surface area contributed by atoms with Gasteiger partial charge < -0.3 is 15.3 Å². The average molecular weight is 345 g/mol. The molecule has 0 saturated carbocycles. The Balaban J connectivity index is 2.00. The predicted octanol–water partition coefficient (Wildman–Crippen LogP) is 3.56. The number of nitrogens with zero attached hydrogens (tertiary/aromatic N) is 1. The summed E-state index contributed by atoms with van der Waals surface area (Å²) in [7, 11) is 0. The van der Waals surface area contributed by atoms with Crippen molar-refractivity contribution in [2.75, 3.05) is 13.1 Å². The zero-order valence-electron chi connectivity index (χ0n) is 12.2. The Kier molecular flexibility index (Phi) is 5.53. The minimum Gasteiger partial charge on any atom is -0.481 e. The van der Waals surface area contributed by atoms with Crippen LogP contribution in [0.1, 0.15) is 31.4 Å². The minimum absolute atomic E-state index is 0.238. The molecule has 1 aromatic carbocycles. The minimum atomic E-state index is -0.855. The second-order valence-corrected chi connectivity index (χ2v) is 6.30. The second-order valence-electron chi connectivity index (χ2n) is 5.46. The van der Waals surface area contributed by atoms with E-state index in [1.165, 1.54) is 0 Å². The number of likely N-dealkylation sites (tertiary alicyclic amines) is 1. The summed E-state index contributed by atoms with van der Waals surface area (Å²) in [5, 5.41) is 12.9. The molecule has 2 rings (SSSR count). The maximum atomic E-state index is 12.3. The smallest absolute Gasteiger partial charge is 0.317 e. The lowest BCUT2D eigenvalue weighted by Crippen LogP contribution is -2.47. The first-order valence-corrected chi connectivity index (χ1v) is 7.87. The molecule has 0 aromatic heterocycles. The Morgan fingerprint density at radius 1 is 1.41 bits per heavy atom. The van der Waals surface area contributed by atoms with Crippen LogP contribution >= 0.6 is 23.2 Å². The lowest BCUT2D eigenvalue weighted by molar-refractivity contribution is -0.143. The third kappa shape index (κ3) is 4.05. The molecule has 1 aromatic rings. The van der Waals surface area contributed by atoms with E-state index < -0.39 is 11.9 Å². The van der Waals surface area contributed by atoms with E-state index in [0.717, 1.165) is 5.56 Å². The van der Waals surface area contributed by atoms with Crippen molar-refractivity contribution in [2.45, 2.75) is 25.8 Å². The Morgan fingerprint density at radius 2 is 2.14 bits per heavy atom. The van der Waals surface area contributed by atoms with Crippen LogP contribution in [-0.2, 0) is 4.79 Å². The van der Waals surface area contributed by atoms with Gasteiger partial charge in [0.15, 0.2) is 0 Å². The number of piperidine rings is 1. The van der Waals surface area contributed by atoms with E-state index >= 15 is 0 Å². The maximum absolute atomic E-state index is 12.3. The quantitative estimate of drug-likeness (QED) is 0.880. The molecule has 0 bridgehead atoms. The van der Waals surface area contributed by atoms with Gasteiger partial charge in [0.2, 0.25) is 0 Å². The third-order valence-corrected chi connectivity index (χ3v) is 4.39. The highest BCUT2D eigenvalue weighted by atomic mass is 35.5. The van der Waals surface area contributed by atoms with Crippen molar-refractivity contribution in [3.8, 4) is 0 Å². The van der Waals surface area contributed by atoms with Crippen LogP contribution in [0.15, 0.2) is 18.2 Å². The zero-order valence-corrected chi connectivity index (χ0v) is 13.7. The van der Waals surface area contributed by atoms with Crippen LogP contribution in [-0.4, -0.2) is 35.1 Å². The molecule has 5 nitrogen and oxygen atoms in total. The van der Waals surface area contributed by atoms with Gasteiger partial charge in [0.05, 0.1) is 12.0 Å². The van der Waals surface area contributed by atoms with E-state index in [1.54, 1.807) is 23.1 Å². The van der Waals surface area contributed by atoms with Crippen molar-refractivity contribution in [1.82, 2.24) is 10.2 Å². The lowest BCUT2D eigenvalue weighted by Gasteiger charge is -2.32. The van der Waals surface area contributed by atoms with E-state index in [2.05, 4.69) is 5.32 Å². The fourth-order valence-corrected chi connectivity index (χ4v) is 3.14. The number of carboxylic acids is 1. The fourth-order valence-electron chi connectivity index (χ4n) is 2.57. The molecule has 1 aliphatic rings. The van der Waals surface area contributed by atoms with Crippen molar-refractivity contribution >= 4 is 35.2 Å². The zero-order chi connectivity index (χ0) is 16.3. The molecule has 0 aliphatic carbocycles. The molecule has 1 aliphatic heterocycles. The SMILES string of the molecule is C[C@H](NC(=O)N1CCCC(C(=O)O)C1)c1ccc(Cl)cc1Cl. The normalized spacial score (nSPS) is 19.6. The molecule has 2 N–H and O–H groups in total. The van der Waals surface area contributed by atoms with Crippen LogP contribution in [0.4, 0.5) is 4.79 Å². The summed E-state index contributed by atoms with van der Waals surface area (Å²) < 4.78 is 0. The Hall–Kier alpha value is -1.46. The molecule has 120 valence electrons. The number of carbonyl (C=O) groups excluding carboxylic acids is 1. The van der Waals surface area contributed by atoms with E-state index in [4.69, 9.17) is 28.3 Å². The van der Waals surface area contributed by atoms with Gasteiger partial charge in [-0.15, -0.1) is 0 Å². The van der Waals surface area contributed by atoms with Crippen molar-refractivity contribution in [3.05, 3.63) is 33.8 Å². The predicted molar refractivity (Wildman–Crippen MR) is 85.3 cm³/mol. The molecule has 0 radical (unpaired) electrons. The van der Waals surface area contributed by atoms with Crippen molar-refractivity contribution in [2.24, 2.45) is 5.92 Å². The topological polar surface area (TPSA) is 69.6 Å². The number of hydrogen-bond acceptors (Lipinski definition) is 2. The first-order chi connectivity index (χ1) is 10.4. The molecule has 2 atom stereocenters. The summed E-state index contributed by atoms with van der Waals surface area (Å²) in [6.45, 7) is 2.63. The molecular formula is C15H18Cl2N2O3. The monoisotopic (exact) mass is 344 g/mol. The van der Waals surface area contributed by atoms with Crippen LogP contribution in [0.5, 0.6) is 0 Å². The number of amides is 2. The van der Waals surface area contributed by atoms with Crippen LogP contribution in [0.25, 0.3) is 0 Å². The molecule has 2 amide bonds. The molecular weight excluding hydrogens is 327 g/mol. The van der Waals surface area contributed by atoms with Gasteiger partial charge in [-0.1, -0.05) is 29.3 Å². The van der Waals surface area contributed by atoms with Gasteiger partial charge >= 0.3 is 12.0 Å². The first kappa shape index (κ1) is 16.9. The number of benzene rings is 1. The number of rotatable bonds is 3. The molecule has 7 heteroatoms. The van der Waals surface area contributed by atoms with E-state index in [0.29, 0.717) is 29.4 Å². The molecule has 1 unspecified atom stereocenters. The Bertz CT molecular complexity index is 580. The number of carboxylic acid groups (broad SMARTS) is 1. The molecule has 22 heavy (non-hydrogen) atoms. The number of nitrogens with one attached hydrogen (secondary N) is 1. The lowest BCUT2D eigenvalue weighted by atomic mass is 9.98. The van der Waals surface area contributed by atoms with Crippen molar-refractivity contribution in [1.29, 1.82) is 0 Å². The van der Waals surface area contributed by atoms with E-state index in [-0.39, 0.29) is 18.6 Å². The van der Waals surface area contributed by atoms with Crippen molar-refractivity contribution < 1.29 is 14.7 Å². The van der Waals surface area contributed by atoms with Gasteiger partial charge in [-0.25, -0.2) is 4.79 Å². The van der Waals surface area contributed by atoms with Gasteiger partial charge in [-0.05, 0) is 37.5 Å². The number of urea groups is 1. The molecule has 0 spiro atoms. The van der Waals surface area contributed by atoms with Gasteiger partial charge in [0, 0.05) is 23.1 Å². The average Bonchev–Trinajstić information content (AvgIpc) is 2.47. The highest BCUT2D eigenvalue weighted by molar-refractivity contribution is 6.35. The molecule has 1 fully saturated rings. The van der Waals surface area contributed by atoms with Gasteiger partial charge in [-0.3, -0.25) is 4.79 Å². The van der Waals surface area contributed by atoms with Crippen molar-refractivity contribution in [3.63, 3.8) is 0 Å². The van der Waals surface area contributed by atoms with Gasteiger partial charge in [0.25, 0.3) is 0 Å². The fraction of sp³-hybridized carbons (Fsp3) is 0.467. The van der Waals surface area contributed by atoms with Crippen LogP contribution in [0.2, 0.25) is 10.0 Å². The first-order valence-electron chi connectivity index (χ1n) is 7.11. The summed E-state index contributed by atoms with van der Waals surface area (Å²) in [4.78, 5) is 24.9. The Morgan fingerprint density at radius 3 is 2.77 bits per heavy atom. The number of hydrogen-bond donors (Lipinski definition) is 2. The van der Waals surface area contributed by atoms with Crippen LogP contribution in [0, 0.1) is 5.92 Å². The van der Waals surface area contributed by atoms with Crippen LogP contribution < -0.4 is 5.32 Å². The number of aliphatic carboxylic acids is 1. The van der Waals surface area contributed by atoms with Crippen LogP contribution in [0.3, 0.4) is 0 Å². The largest absolute Gasteiger partial charge is 0.481 e. The summed E-state index contributed by atoms with van der Waals surface area (Å²) in [5.41, 5.74) is 0.770.